The van der Waals surface area contributed by atoms with Gasteiger partial charge in [0.25, 0.3) is 0 Å². The third-order valence-corrected chi connectivity index (χ3v) is 3.79. The third-order valence-electron chi connectivity index (χ3n) is 3.79. The Labute approximate surface area is 122 Å². The van der Waals surface area contributed by atoms with Gasteiger partial charge in [0.1, 0.15) is 5.76 Å². The molecule has 0 saturated heterocycles. The second-order valence-corrected chi connectivity index (χ2v) is 5.03. The molecule has 0 saturated carbocycles. The highest BCUT2D eigenvalue weighted by atomic mass is 16.4. The largest absolute Gasteiger partial charge is 0.467 e. The maximum absolute atomic E-state index is 11.8. The van der Waals surface area contributed by atoms with Gasteiger partial charge in [-0.15, -0.1) is 0 Å². The van der Waals surface area contributed by atoms with Crippen molar-refractivity contribution in [3.05, 3.63) is 58.0 Å². The zero-order valence-corrected chi connectivity index (χ0v) is 12.3. The second-order valence-electron chi connectivity index (χ2n) is 5.03. The van der Waals surface area contributed by atoms with Gasteiger partial charge in [0, 0.05) is 6.54 Å². The number of rotatable bonds is 4. The van der Waals surface area contributed by atoms with Crippen LogP contribution in [-0.4, -0.2) is 11.6 Å². The highest BCUT2D eigenvalue weighted by Crippen LogP contribution is 2.27. The van der Waals surface area contributed by atoms with Gasteiger partial charge in [-0.1, -0.05) is 6.07 Å². The topological polar surface area (TPSA) is 60.3 Å². The Bertz CT molecular complexity index is 826. The third kappa shape index (κ3) is 2.19. The SMILES string of the molecule is CCn1c(=O)oc2cc(C(NC)c3occc3C)ccc21. The van der Waals surface area contributed by atoms with Crippen LogP contribution in [0.15, 0.2) is 44.2 Å². The molecule has 0 aliphatic heterocycles. The van der Waals surface area contributed by atoms with Gasteiger partial charge < -0.3 is 14.2 Å². The summed E-state index contributed by atoms with van der Waals surface area (Å²) in [5, 5.41) is 3.24. The fraction of sp³-hybridized carbons (Fsp3) is 0.312. The maximum atomic E-state index is 11.8. The minimum Gasteiger partial charge on any atom is -0.467 e. The van der Waals surface area contributed by atoms with Gasteiger partial charge in [-0.2, -0.15) is 0 Å². The Kier molecular flexibility index (Phi) is 3.43. The smallest absolute Gasteiger partial charge is 0.419 e. The van der Waals surface area contributed by atoms with E-state index in [0.717, 1.165) is 22.4 Å². The van der Waals surface area contributed by atoms with E-state index in [2.05, 4.69) is 5.32 Å². The molecule has 1 N–H and O–H groups in total. The van der Waals surface area contributed by atoms with E-state index in [-0.39, 0.29) is 11.8 Å². The number of nitrogens with zero attached hydrogens (tertiary/aromatic N) is 1. The minimum atomic E-state index is -0.320. The molecule has 2 aromatic heterocycles. The lowest BCUT2D eigenvalue weighted by atomic mass is 10.0. The van der Waals surface area contributed by atoms with Crippen molar-refractivity contribution in [2.75, 3.05) is 7.05 Å². The van der Waals surface area contributed by atoms with Crippen molar-refractivity contribution in [1.82, 2.24) is 9.88 Å². The summed E-state index contributed by atoms with van der Waals surface area (Å²) >= 11 is 0. The summed E-state index contributed by atoms with van der Waals surface area (Å²) in [5.41, 5.74) is 3.50. The number of aromatic nitrogens is 1. The first-order valence-corrected chi connectivity index (χ1v) is 7.00. The molecule has 21 heavy (non-hydrogen) atoms. The van der Waals surface area contributed by atoms with Crippen molar-refractivity contribution in [3.63, 3.8) is 0 Å². The monoisotopic (exact) mass is 286 g/mol. The zero-order valence-electron chi connectivity index (χ0n) is 12.3. The molecular formula is C16H18N2O3. The molecule has 0 aliphatic carbocycles. The van der Waals surface area contributed by atoms with E-state index in [1.165, 1.54) is 0 Å². The Balaban J connectivity index is 2.12. The van der Waals surface area contributed by atoms with E-state index in [1.807, 2.05) is 45.2 Å². The molecule has 3 aromatic rings. The highest BCUT2D eigenvalue weighted by molar-refractivity contribution is 5.74. The lowest BCUT2D eigenvalue weighted by Crippen LogP contribution is -2.17. The first kappa shape index (κ1) is 13.7. The fourth-order valence-electron chi connectivity index (χ4n) is 2.69. The van der Waals surface area contributed by atoms with Crippen molar-refractivity contribution in [2.45, 2.75) is 26.4 Å². The van der Waals surface area contributed by atoms with E-state index < -0.39 is 0 Å². The first-order chi connectivity index (χ1) is 10.2. The Morgan fingerprint density at radius 2 is 2.14 bits per heavy atom. The molecule has 1 atom stereocenters. The molecule has 3 rings (SSSR count). The number of aryl methyl sites for hydroxylation is 2. The van der Waals surface area contributed by atoms with Crippen LogP contribution in [0, 0.1) is 6.92 Å². The van der Waals surface area contributed by atoms with Gasteiger partial charge in [-0.3, -0.25) is 4.57 Å². The summed E-state index contributed by atoms with van der Waals surface area (Å²) in [6, 6.07) is 7.67. The lowest BCUT2D eigenvalue weighted by molar-refractivity contribution is 0.460. The van der Waals surface area contributed by atoms with Crippen LogP contribution in [0.4, 0.5) is 0 Å². The summed E-state index contributed by atoms with van der Waals surface area (Å²) < 4.78 is 12.5. The predicted octanol–water partition coefficient (Wildman–Crippen LogP) is 2.82. The van der Waals surface area contributed by atoms with Crippen LogP contribution in [0.1, 0.15) is 29.9 Å². The second kappa shape index (κ2) is 5.26. The van der Waals surface area contributed by atoms with Crippen LogP contribution in [0.5, 0.6) is 0 Å². The molecule has 0 radical (unpaired) electrons. The Morgan fingerprint density at radius 1 is 1.33 bits per heavy atom. The molecule has 1 aromatic carbocycles. The fourth-order valence-corrected chi connectivity index (χ4v) is 2.69. The van der Waals surface area contributed by atoms with Crippen LogP contribution in [0.3, 0.4) is 0 Å². The number of oxazole rings is 1. The van der Waals surface area contributed by atoms with Crippen LogP contribution < -0.4 is 11.1 Å². The molecule has 0 spiro atoms. The molecule has 1 unspecified atom stereocenters. The van der Waals surface area contributed by atoms with Crippen molar-refractivity contribution in [3.8, 4) is 0 Å². The molecule has 0 aliphatic rings. The molecular weight excluding hydrogens is 268 g/mol. The molecule has 0 amide bonds. The van der Waals surface area contributed by atoms with E-state index in [0.29, 0.717) is 12.1 Å². The number of benzene rings is 1. The normalized spacial score (nSPS) is 12.9. The van der Waals surface area contributed by atoms with Gasteiger partial charge in [0.05, 0.1) is 17.8 Å². The van der Waals surface area contributed by atoms with Gasteiger partial charge in [0.15, 0.2) is 5.58 Å². The van der Waals surface area contributed by atoms with Crippen LogP contribution in [0.2, 0.25) is 0 Å². The van der Waals surface area contributed by atoms with Crippen LogP contribution >= 0.6 is 0 Å². The maximum Gasteiger partial charge on any atom is 0.419 e. The van der Waals surface area contributed by atoms with Crippen molar-refractivity contribution in [1.29, 1.82) is 0 Å². The van der Waals surface area contributed by atoms with Gasteiger partial charge in [-0.05, 0) is 50.2 Å². The predicted molar refractivity (Wildman–Crippen MR) is 80.5 cm³/mol. The summed E-state index contributed by atoms with van der Waals surface area (Å²) in [6.07, 6.45) is 1.68. The van der Waals surface area contributed by atoms with E-state index in [1.54, 1.807) is 10.8 Å². The number of furan rings is 1. The quantitative estimate of drug-likeness (QED) is 0.801. The van der Waals surface area contributed by atoms with E-state index in [4.69, 9.17) is 8.83 Å². The lowest BCUT2D eigenvalue weighted by Gasteiger charge is -2.15. The number of hydrogen-bond acceptors (Lipinski definition) is 4. The van der Waals surface area contributed by atoms with Crippen molar-refractivity contribution >= 4 is 11.1 Å². The summed E-state index contributed by atoms with van der Waals surface area (Å²) in [4.78, 5) is 11.8. The van der Waals surface area contributed by atoms with E-state index >= 15 is 0 Å². The summed E-state index contributed by atoms with van der Waals surface area (Å²) in [5.74, 6) is 0.550. The highest BCUT2D eigenvalue weighted by Gasteiger charge is 2.19. The average Bonchev–Trinajstić information content (AvgIpc) is 3.02. The van der Waals surface area contributed by atoms with Crippen LogP contribution in [0.25, 0.3) is 11.1 Å². The van der Waals surface area contributed by atoms with Gasteiger partial charge in [0.2, 0.25) is 0 Å². The Morgan fingerprint density at radius 3 is 2.76 bits per heavy atom. The summed E-state index contributed by atoms with van der Waals surface area (Å²) in [6.45, 7) is 4.53. The van der Waals surface area contributed by atoms with Gasteiger partial charge >= 0.3 is 5.76 Å². The van der Waals surface area contributed by atoms with E-state index in [9.17, 15) is 4.79 Å². The summed E-state index contributed by atoms with van der Waals surface area (Å²) in [7, 11) is 1.88. The van der Waals surface area contributed by atoms with Crippen LogP contribution in [-0.2, 0) is 6.54 Å². The minimum absolute atomic E-state index is 0.0697. The number of nitrogens with one attached hydrogen (secondary N) is 1. The molecule has 0 fully saturated rings. The number of hydrogen-bond donors (Lipinski definition) is 1. The van der Waals surface area contributed by atoms with Gasteiger partial charge in [-0.25, -0.2) is 4.79 Å². The molecule has 5 heteroatoms. The molecule has 2 heterocycles. The number of fused-ring (bicyclic) bond motifs is 1. The Hall–Kier alpha value is -2.27. The molecule has 110 valence electrons. The standard InChI is InChI=1S/C16H18N2O3/c1-4-18-12-6-5-11(9-13(12)21-16(18)19)14(17-3)15-10(2)7-8-20-15/h5-9,14,17H,4H2,1-3H3. The molecule has 0 bridgehead atoms. The first-order valence-electron chi connectivity index (χ1n) is 7.00. The molecule has 5 nitrogen and oxygen atoms in total. The average molecular weight is 286 g/mol. The zero-order chi connectivity index (χ0) is 15.0. The van der Waals surface area contributed by atoms with Crippen molar-refractivity contribution in [2.24, 2.45) is 0 Å². The van der Waals surface area contributed by atoms with Crippen molar-refractivity contribution < 1.29 is 8.83 Å².